The van der Waals surface area contributed by atoms with Crippen molar-refractivity contribution in [1.29, 1.82) is 0 Å². The Labute approximate surface area is 116 Å². The number of nitrogens with zero attached hydrogens (tertiary/aromatic N) is 1. The summed E-state index contributed by atoms with van der Waals surface area (Å²) in [5.41, 5.74) is 0. The number of likely N-dealkylation sites (N-methyl/N-ethyl adjacent to an activating group) is 1. The third-order valence-corrected chi connectivity index (χ3v) is 3.67. The number of rotatable bonds is 7. The fourth-order valence-electron chi connectivity index (χ4n) is 1.56. The maximum atomic E-state index is 12.0. The predicted octanol–water partition coefficient (Wildman–Crippen LogP) is 2.04. The smallest absolute Gasteiger partial charge is 0.233 e. The minimum absolute atomic E-state index is 0.00394. The average molecular weight is 289 g/mol. The van der Waals surface area contributed by atoms with E-state index in [-0.39, 0.29) is 24.8 Å². The van der Waals surface area contributed by atoms with Crippen molar-refractivity contribution in [1.82, 2.24) is 10.2 Å². The number of carbonyl (C=O) groups is 2. The van der Waals surface area contributed by atoms with Gasteiger partial charge in [0.15, 0.2) is 5.78 Å². The second kappa shape index (κ2) is 7.51. The number of nitrogens with one attached hydrogen (secondary N) is 1. The molecule has 0 aliphatic rings. The Morgan fingerprint density at radius 3 is 2.61 bits per heavy atom. The van der Waals surface area contributed by atoms with Gasteiger partial charge in [0.1, 0.15) is 0 Å². The van der Waals surface area contributed by atoms with Crippen LogP contribution < -0.4 is 5.32 Å². The van der Waals surface area contributed by atoms with Crippen molar-refractivity contribution in [3.63, 3.8) is 0 Å². The van der Waals surface area contributed by atoms with Gasteiger partial charge in [0.25, 0.3) is 0 Å². The van der Waals surface area contributed by atoms with Crippen molar-refractivity contribution < 1.29 is 9.59 Å². The lowest BCUT2D eigenvalue weighted by molar-refractivity contribution is -0.121. The van der Waals surface area contributed by atoms with E-state index in [9.17, 15) is 9.59 Å². The highest BCUT2D eigenvalue weighted by Crippen LogP contribution is 2.21. The highest BCUT2D eigenvalue weighted by molar-refractivity contribution is 7.18. The van der Waals surface area contributed by atoms with Crippen molar-refractivity contribution in [3.05, 3.63) is 21.3 Å². The standard InChI is InChI=1S/C12H17ClN2O2S/c1-3-6-15(8-12(17)14-2)7-9(16)10-4-5-11(13)18-10/h4-5H,3,6-8H2,1-2H3,(H,14,17). The lowest BCUT2D eigenvalue weighted by Gasteiger charge is -2.19. The second-order valence-corrected chi connectivity index (χ2v) is 5.63. The minimum atomic E-state index is -0.0829. The van der Waals surface area contributed by atoms with E-state index >= 15 is 0 Å². The van der Waals surface area contributed by atoms with Gasteiger partial charge < -0.3 is 5.32 Å². The molecule has 0 bridgehead atoms. The third-order valence-electron chi connectivity index (χ3n) is 2.40. The van der Waals surface area contributed by atoms with Crippen LogP contribution in [0.3, 0.4) is 0 Å². The highest BCUT2D eigenvalue weighted by Gasteiger charge is 2.15. The topological polar surface area (TPSA) is 49.4 Å². The summed E-state index contributed by atoms with van der Waals surface area (Å²) in [6, 6.07) is 3.43. The molecule has 0 aromatic carbocycles. The van der Waals surface area contributed by atoms with Crippen LogP contribution in [0.1, 0.15) is 23.0 Å². The van der Waals surface area contributed by atoms with Gasteiger partial charge >= 0.3 is 0 Å². The van der Waals surface area contributed by atoms with Crippen molar-refractivity contribution >= 4 is 34.6 Å². The zero-order valence-electron chi connectivity index (χ0n) is 10.5. The molecule has 6 heteroatoms. The molecule has 1 aromatic heterocycles. The molecule has 0 saturated carbocycles. The molecule has 0 aliphatic carbocycles. The first-order chi connectivity index (χ1) is 8.56. The van der Waals surface area contributed by atoms with Crippen LogP contribution in [0.15, 0.2) is 12.1 Å². The number of carbonyl (C=O) groups excluding carboxylic acids is 2. The van der Waals surface area contributed by atoms with E-state index < -0.39 is 0 Å². The Morgan fingerprint density at radius 2 is 2.11 bits per heavy atom. The molecule has 0 saturated heterocycles. The van der Waals surface area contributed by atoms with Crippen LogP contribution in [0, 0.1) is 0 Å². The molecular formula is C12H17ClN2O2S. The summed E-state index contributed by atoms with van der Waals surface area (Å²) < 4.78 is 0.603. The zero-order valence-corrected chi connectivity index (χ0v) is 12.1. The number of thiophene rings is 1. The molecule has 0 unspecified atom stereocenters. The van der Waals surface area contributed by atoms with Crippen LogP contribution in [0.5, 0.6) is 0 Å². The summed E-state index contributed by atoms with van der Waals surface area (Å²) >= 11 is 7.07. The Balaban J connectivity index is 2.60. The third kappa shape index (κ3) is 4.76. The van der Waals surface area contributed by atoms with Gasteiger partial charge in [0.05, 0.1) is 22.3 Å². The van der Waals surface area contributed by atoms with E-state index in [4.69, 9.17) is 11.6 Å². The van der Waals surface area contributed by atoms with E-state index in [1.54, 1.807) is 19.2 Å². The fraction of sp³-hybridized carbons (Fsp3) is 0.500. The zero-order chi connectivity index (χ0) is 13.5. The SMILES string of the molecule is CCCN(CC(=O)NC)CC(=O)c1ccc(Cl)s1. The first-order valence-electron chi connectivity index (χ1n) is 5.78. The number of hydrogen-bond donors (Lipinski definition) is 1. The fourth-order valence-corrected chi connectivity index (χ4v) is 2.53. The van der Waals surface area contributed by atoms with Gasteiger partial charge in [0.2, 0.25) is 5.91 Å². The van der Waals surface area contributed by atoms with Crippen LogP contribution in [0.4, 0.5) is 0 Å². The summed E-state index contributed by atoms with van der Waals surface area (Å²) in [5.74, 6) is -0.0790. The summed E-state index contributed by atoms with van der Waals surface area (Å²) in [5, 5.41) is 2.56. The molecule has 100 valence electrons. The summed E-state index contributed by atoms with van der Waals surface area (Å²) in [6.07, 6.45) is 0.898. The molecule has 4 nitrogen and oxygen atoms in total. The molecule has 1 heterocycles. The number of amides is 1. The normalized spacial score (nSPS) is 10.7. The molecule has 0 spiro atoms. The average Bonchev–Trinajstić information content (AvgIpc) is 2.76. The number of halogens is 1. The van der Waals surface area contributed by atoms with Crippen molar-refractivity contribution in [3.8, 4) is 0 Å². The van der Waals surface area contributed by atoms with E-state index in [1.807, 2.05) is 11.8 Å². The lowest BCUT2D eigenvalue weighted by Crippen LogP contribution is -2.38. The highest BCUT2D eigenvalue weighted by atomic mass is 35.5. The largest absolute Gasteiger partial charge is 0.358 e. The predicted molar refractivity (Wildman–Crippen MR) is 74.5 cm³/mol. The van der Waals surface area contributed by atoms with Gasteiger partial charge in [-0.15, -0.1) is 11.3 Å². The molecular weight excluding hydrogens is 272 g/mol. The monoisotopic (exact) mass is 288 g/mol. The molecule has 0 aliphatic heterocycles. The Bertz CT molecular complexity index is 420. The quantitative estimate of drug-likeness (QED) is 0.781. The van der Waals surface area contributed by atoms with Gasteiger partial charge in [0, 0.05) is 7.05 Å². The molecule has 1 aromatic rings. The van der Waals surface area contributed by atoms with Crippen molar-refractivity contribution in [2.45, 2.75) is 13.3 Å². The van der Waals surface area contributed by atoms with Gasteiger partial charge in [-0.1, -0.05) is 18.5 Å². The maximum Gasteiger partial charge on any atom is 0.233 e. The molecule has 1 rings (SSSR count). The summed E-state index contributed by atoms with van der Waals surface area (Å²) in [7, 11) is 1.59. The minimum Gasteiger partial charge on any atom is -0.358 e. The summed E-state index contributed by atoms with van der Waals surface area (Å²) in [6.45, 7) is 3.23. The van der Waals surface area contributed by atoms with Crippen LogP contribution in [-0.4, -0.2) is 43.3 Å². The van der Waals surface area contributed by atoms with Gasteiger partial charge in [-0.3, -0.25) is 14.5 Å². The molecule has 0 atom stereocenters. The molecule has 18 heavy (non-hydrogen) atoms. The van der Waals surface area contributed by atoms with Crippen molar-refractivity contribution in [2.24, 2.45) is 0 Å². The molecule has 1 N–H and O–H groups in total. The first-order valence-corrected chi connectivity index (χ1v) is 6.97. The van der Waals surface area contributed by atoms with Gasteiger partial charge in [-0.25, -0.2) is 0 Å². The number of ketones is 1. The Kier molecular flexibility index (Phi) is 6.32. The maximum absolute atomic E-state index is 12.0. The van der Waals surface area contributed by atoms with Crippen LogP contribution in [0.25, 0.3) is 0 Å². The van der Waals surface area contributed by atoms with E-state index in [1.165, 1.54) is 11.3 Å². The second-order valence-electron chi connectivity index (χ2n) is 3.91. The van der Waals surface area contributed by atoms with Gasteiger partial charge in [-0.2, -0.15) is 0 Å². The van der Waals surface area contributed by atoms with Crippen LogP contribution in [0.2, 0.25) is 4.34 Å². The number of Topliss-reactive ketones (excluding diaryl/α,β-unsaturated/α-hetero) is 1. The van der Waals surface area contributed by atoms with E-state index in [0.717, 1.165) is 13.0 Å². The van der Waals surface area contributed by atoms with E-state index in [2.05, 4.69) is 5.32 Å². The van der Waals surface area contributed by atoms with Crippen molar-refractivity contribution in [2.75, 3.05) is 26.7 Å². The first kappa shape index (κ1) is 15.1. The Hall–Kier alpha value is -0.910. The summed E-state index contributed by atoms with van der Waals surface area (Å²) in [4.78, 5) is 25.8. The van der Waals surface area contributed by atoms with E-state index in [0.29, 0.717) is 9.21 Å². The van der Waals surface area contributed by atoms with Crippen LogP contribution >= 0.6 is 22.9 Å². The van der Waals surface area contributed by atoms with Crippen LogP contribution in [-0.2, 0) is 4.79 Å². The number of hydrogen-bond acceptors (Lipinski definition) is 4. The molecule has 0 fully saturated rings. The van der Waals surface area contributed by atoms with Gasteiger partial charge in [-0.05, 0) is 25.1 Å². The lowest BCUT2D eigenvalue weighted by atomic mass is 10.3. The molecule has 0 radical (unpaired) electrons. The Morgan fingerprint density at radius 1 is 1.39 bits per heavy atom. The molecule has 1 amide bonds.